The van der Waals surface area contributed by atoms with Gasteiger partial charge in [0.05, 0.1) is 29.2 Å². The third-order valence-electron chi connectivity index (χ3n) is 4.64. The summed E-state index contributed by atoms with van der Waals surface area (Å²) in [5.74, 6) is -0.509. The van der Waals surface area contributed by atoms with Gasteiger partial charge in [-0.25, -0.2) is 9.78 Å². The van der Waals surface area contributed by atoms with Crippen molar-refractivity contribution in [2.24, 2.45) is 0 Å². The van der Waals surface area contributed by atoms with Crippen LogP contribution >= 0.6 is 22.7 Å². The summed E-state index contributed by atoms with van der Waals surface area (Å²) in [7, 11) is 1.51. The minimum atomic E-state index is -0.582. The topological polar surface area (TPSA) is 107 Å². The number of aryl methyl sites for hydroxylation is 1. The Bertz CT molecular complexity index is 1150. The molecule has 2 N–H and O–H groups in total. The monoisotopic (exact) mass is 487 g/mol. The highest BCUT2D eigenvalue weighted by molar-refractivity contribution is 7.18. The van der Waals surface area contributed by atoms with Gasteiger partial charge in [0.25, 0.3) is 5.91 Å². The number of nitrogens with one attached hydrogen (secondary N) is 2. The van der Waals surface area contributed by atoms with E-state index in [1.165, 1.54) is 18.4 Å². The summed E-state index contributed by atoms with van der Waals surface area (Å²) >= 11 is 2.45. The number of nitrogens with zero attached hydrogens (tertiary/aromatic N) is 1. The largest absolute Gasteiger partial charge is 0.486 e. The maximum atomic E-state index is 12.7. The number of thiophene rings is 1. The van der Waals surface area contributed by atoms with Gasteiger partial charge in [0.15, 0.2) is 0 Å². The number of ether oxygens (including phenoxy) is 2. The number of aromatic nitrogens is 1. The SMILES string of the molecule is CCOC(=O)c1c(NC(=O)Cc2csc(COc3ccc(C)cc3)n2)sc(C(=O)NC)c1C. The molecule has 0 spiro atoms. The third kappa shape index (κ3) is 6.17. The number of hydrogen-bond acceptors (Lipinski definition) is 8. The molecule has 0 saturated heterocycles. The molecule has 174 valence electrons. The molecule has 33 heavy (non-hydrogen) atoms. The van der Waals surface area contributed by atoms with Crippen LogP contribution in [0.5, 0.6) is 5.75 Å². The lowest BCUT2D eigenvalue weighted by Gasteiger charge is -2.06. The van der Waals surface area contributed by atoms with Gasteiger partial charge < -0.3 is 20.1 Å². The van der Waals surface area contributed by atoms with Gasteiger partial charge in [0, 0.05) is 12.4 Å². The second kappa shape index (κ2) is 11.1. The number of esters is 1. The first-order valence-electron chi connectivity index (χ1n) is 10.3. The molecule has 3 rings (SSSR count). The van der Waals surface area contributed by atoms with E-state index < -0.39 is 5.97 Å². The average molecular weight is 488 g/mol. The maximum absolute atomic E-state index is 12.7. The Morgan fingerprint density at radius 1 is 1.12 bits per heavy atom. The molecule has 0 bridgehead atoms. The van der Waals surface area contributed by atoms with Crippen molar-refractivity contribution in [3.63, 3.8) is 0 Å². The van der Waals surface area contributed by atoms with E-state index in [4.69, 9.17) is 9.47 Å². The van der Waals surface area contributed by atoms with Crippen molar-refractivity contribution in [2.45, 2.75) is 33.8 Å². The molecule has 0 fully saturated rings. The molecule has 0 atom stereocenters. The number of amides is 2. The number of rotatable bonds is 9. The Hall–Kier alpha value is -3.24. The molecule has 0 aliphatic heterocycles. The molecular formula is C23H25N3O5S2. The Morgan fingerprint density at radius 2 is 1.85 bits per heavy atom. The highest BCUT2D eigenvalue weighted by Crippen LogP contribution is 2.34. The van der Waals surface area contributed by atoms with E-state index in [0.29, 0.717) is 22.7 Å². The Balaban J connectivity index is 1.67. The number of carbonyl (C=O) groups is 3. The van der Waals surface area contributed by atoms with Crippen LogP contribution in [0.25, 0.3) is 0 Å². The average Bonchev–Trinajstić information content (AvgIpc) is 3.36. The summed E-state index contributed by atoms with van der Waals surface area (Å²) in [5, 5.41) is 8.12. The van der Waals surface area contributed by atoms with Crippen molar-refractivity contribution < 1.29 is 23.9 Å². The third-order valence-corrected chi connectivity index (χ3v) is 6.71. The molecule has 2 heterocycles. The van der Waals surface area contributed by atoms with E-state index in [-0.39, 0.29) is 35.4 Å². The summed E-state index contributed by atoms with van der Waals surface area (Å²) in [4.78, 5) is 42.1. The molecule has 2 aromatic heterocycles. The second-order valence-electron chi connectivity index (χ2n) is 7.12. The first-order chi connectivity index (χ1) is 15.8. The van der Waals surface area contributed by atoms with E-state index in [0.717, 1.165) is 27.7 Å². The van der Waals surface area contributed by atoms with Gasteiger partial charge in [-0.15, -0.1) is 22.7 Å². The van der Waals surface area contributed by atoms with Crippen LogP contribution in [0.3, 0.4) is 0 Å². The van der Waals surface area contributed by atoms with E-state index in [2.05, 4.69) is 15.6 Å². The number of anilines is 1. The van der Waals surface area contributed by atoms with Crippen LogP contribution in [-0.4, -0.2) is 36.4 Å². The lowest BCUT2D eigenvalue weighted by Crippen LogP contribution is -2.18. The van der Waals surface area contributed by atoms with Crippen molar-refractivity contribution in [1.29, 1.82) is 0 Å². The van der Waals surface area contributed by atoms with Crippen molar-refractivity contribution in [1.82, 2.24) is 10.3 Å². The fourth-order valence-electron chi connectivity index (χ4n) is 2.99. The highest BCUT2D eigenvalue weighted by atomic mass is 32.1. The lowest BCUT2D eigenvalue weighted by molar-refractivity contribution is -0.115. The fraction of sp³-hybridized carbons (Fsp3) is 0.304. The van der Waals surface area contributed by atoms with Gasteiger partial charge in [-0.1, -0.05) is 17.7 Å². The zero-order chi connectivity index (χ0) is 24.0. The van der Waals surface area contributed by atoms with Crippen LogP contribution in [0.2, 0.25) is 0 Å². The summed E-state index contributed by atoms with van der Waals surface area (Å²) in [5.41, 5.74) is 2.41. The number of carbonyl (C=O) groups excluding carboxylic acids is 3. The minimum Gasteiger partial charge on any atom is -0.486 e. The molecule has 0 unspecified atom stereocenters. The van der Waals surface area contributed by atoms with E-state index >= 15 is 0 Å². The molecule has 1 aromatic carbocycles. The van der Waals surface area contributed by atoms with E-state index in [1.54, 1.807) is 19.2 Å². The predicted octanol–water partition coefficient (Wildman–Crippen LogP) is 4.12. The fourth-order valence-corrected chi connectivity index (χ4v) is 4.85. The van der Waals surface area contributed by atoms with Crippen LogP contribution < -0.4 is 15.4 Å². The molecule has 0 saturated carbocycles. The van der Waals surface area contributed by atoms with Gasteiger partial charge in [-0.3, -0.25) is 9.59 Å². The van der Waals surface area contributed by atoms with Crippen LogP contribution in [0.1, 0.15) is 48.8 Å². The van der Waals surface area contributed by atoms with Gasteiger partial charge in [-0.05, 0) is 38.5 Å². The minimum absolute atomic E-state index is 0.0234. The molecule has 0 aliphatic carbocycles. The molecule has 8 nitrogen and oxygen atoms in total. The van der Waals surface area contributed by atoms with Crippen molar-refractivity contribution in [2.75, 3.05) is 19.0 Å². The molecular weight excluding hydrogens is 462 g/mol. The summed E-state index contributed by atoms with van der Waals surface area (Å²) in [6.07, 6.45) is 0.0234. The summed E-state index contributed by atoms with van der Waals surface area (Å²) < 4.78 is 10.8. The number of hydrogen-bond donors (Lipinski definition) is 2. The van der Waals surface area contributed by atoms with Crippen LogP contribution in [0.4, 0.5) is 5.00 Å². The van der Waals surface area contributed by atoms with E-state index in [9.17, 15) is 14.4 Å². The normalized spacial score (nSPS) is 10.5. The number of benzene rings is 1. The molecule has 0 radical (unpaired) electrons. The summed E-state index contributed by atoms with van der Waals surface area (Å²) in [6, 6.07) is 7.74. The Morgan fingerprint density at radius 3 is 2.52 bits per heavy atom. The van der Waals surface area contributed by atoms with Gasteiger partial charge in [-0.2, -0.15) is 0 Å². The van der Waals surface area contributed by atoms with Gasteiger partial charge >= 0.3 is 5.97 Å². The Kier molecular flexibility index (Phi) is 8.18. The van der Waals surface area contributed by atoms with Crippen LogP contribution in [0, 0.1) is 13.8 Å². The zero-order valence-electron chi connectivity index (χ0n) is 18.8. The first-order valence-corrected chi connectivity index (χ1v) is 12.0. The molecule has 2 amide bonds. The van der Waals surface area contributed by atoms with Crippen LogP contribution in [0.15, 0.2) is 29.6 Å². The van der Waals surface area contributed by atoms with Gasteiger partial charge in [0.2, 0.25) is 5.91 Å². The standard InChI is InChI=1S/C23H25N3O5S2/c1-5-30-23(29)19-14(3)20(21(28)24-4)33-22(19)26-17(27)10-15-12-32-18(25-15)11-31-16-8-6-13(2)7-9-16/h6-9,12H,5,10-11H2,1-4H3,(H,24,28)(H,26,27). The first kappa shape index (κ1) is 24.4. The van der Waals surface area contributed by atoms with Gasteiger partial charge in [0.1, 0.15) is 22.4 Å². The second-order valence-corrected chi connectivity index (χ2v) is 9.08. The molecule has 0 aliphatic rings. The predicted molar refractivity (Wildman–Crippen MR) is 128 cm³/mol. The zero-order valence-corrected chi connectivity index (χ0v) is 20.4. The lowest BCUT2D eigenvalue weighted by atomic mass is 10.1. The summed E-state index contributed by atoms with van der Waals surface area (Å²) in [6.45, 7) is 5.85. The molecule has 10 heteroatoms. The number of thiazole rings is 1. The molecule has 3 aromatic rings. The quantitative estimate of drug-likeness (QED) is 0.440. The van der Waals surface area contributed by atoms with Crippen molar-refractivity contribution in [3.05, 3.63) is 61.9 Å². The maximum Gasteiger partial charge on any atom is 0.341 e. The van der Waals surface area contributed by atoms with Crippen molar-refractivity contribution >= 4 is 45.5 Å². The van der Waals surface area contributed by atoms with E-state index in [1.807, 2.05) is 31.2 Å². The van der Waals surface area contributed by atoms with Crippen molar-refractivity contribution in [3.8, 4) is 5.75 Å². The van der Waals surface area contributed by atoms with Crippen LogP contribution in [-0.2, 0) is 22.6 Å². The smallest absolute Gasteiger partial charge is 0.341 e. The highest BCUT2D eigenvalue weighted by Gasteiger charge is 2.26. The Labute approximate surface area is 200 Å².